The van der Waals surface area contributed by atoms with Crippen LogP contribution in [-0.4, -0.2) is 53.3 Å². The Bertz CT molecular complexity index is 905. The van der Waals surface area contributed by atoms with Gasteiger partial charge in [0.05, 0.1) is 5.56 Å². The lowest BCUT2D eigenvalue weighted by molar-refractivity contribution is -0.137. The molecule has 156 valence electrons. The number of alkyl halides is 3. The third-order valence-electron chi connectivity index (χ3n) is 4.69. The van der Waals surface area contributed by atoms with Gasteiger partial charge in [0.15, 0.2) is 5.16 Å². The molecular weight excluding hydrogens is 401 g/mol. The first-order chi connectivity index (χ1) is 13.8. The van der Waals surface area contributed by atoms with Crippen LogP contribution in [0.2, 0.25) is 0 Å². The summed E-state index contributed by atoms with van der Waals surface area (Å²) >= 11 is 1.48. The second-order valence-corrected chi connectivity index (χ2v) is 7.88. The second kappa shape index (κ2) is 9.49. The minimum atomic E-state index is -4.32. The summed E-state index contributed by atoms with van der Waals surface area (Å²) in [6.45, 7) is 5.80. The quantitative estimate of drug-likeness (QED) is 0.436. The van der Waals surface area contributed by atoms with Crippen LogP contribution in [0.1, 0.15) is 12.5 Å². The van der Waals surface area contributed by atoms with Crippen LogP contribution in [0.15, 0.2) is 58.1 Å². The van der Waals surface area contributed by atoms with Crippen LogP contribution in [-0.2, 0) is 6.18 Å². The molecule has 0 atom stereocenters. The summed E-state index contributed by atoms with van der Waals surface area (Å²) in [6, 6.07) is 6.90. The van der Waals surface area contributed by atoms with Gasteiger partial charge in [-0.15, -0.1) is 0 Å². The topological polar surface area (TPSA) is 52.2 Å². The molecule has 1 aromatic carbocycles. The molecule has 1 aliphatic rings. The predicted octanol–water partition coefficient (Wildman–Crippen LogP) is 3.65. The number of piperazine rings is 1. The maximum absolute atomic E-state index is 12.9. The van der Waals surface area contributed by atoms with Gasteiger partial charge in [-0.2, -0.15) is 13.2 Å². The molecule has 0 unspecified atom stereocenters. The van der Waals surface area contributed by atoms with Crippen LogP contribution in [0.5, 0.6) is 0 Å². The molecule has 2 heterocycles. The number of aromatic amines is 1. The summed E-state index contributed by atoms with van der Waals surface area (Å²) < 4.78 is 38.7. The minimum Gasteiger partial charge on any atom is -0.369 e. The number of halogens is 3. The van der Waals surface area contributed by atoms with Gasteiger partial charge in [0.25, 0.3) is 5.56 Å². The Morgan fingerprint density at radius 2 is 2.00 bits per heavy atom. The van der Waals surface area contributed by atoms with E-state index in [2.05, 4.69) is 20.9 Å². The second-order valence-electron chi connectivity index (χ2n) is 6.91. The molecule has 2 aromatic rings. The van der Waals surface area contributed by atoms with E-state index in [0.717, 1.165) is 31.5 Å². The van der Waals surface area contributed by atoms with E-state index < -0.39 is 11.7 Å². The lowest BCUT2D eigenvalue weighted by Crippen LogP contribution is -2.46. The van der Waals surface area contributed by atoms with Crippen molar-refractivity contribution in [3.8, 4) is 0 Å². The largest absolute Gasteiger partial charge is 0.416 e. The number of aromatic nitrogens is 2. The zero-order chi connectivity index (χ0) is 20.9. The summed E-state index contributed by atoms with van der Waals surface area (Å²) in [7, 11) is 0. The molecule has 9 heteroatoms. The van der Waals surface area contributed by atoms with E-state index in [0.29, 0.717) is 23.9 Å². The molecule has 1 aliphatic heterocycles. The maximum atomic E-state index is 12.9. The summed E-state index contributed by atoms with van der Waals surface area (Å²) in [5.41, 5.74) is 1.03. The maximum Gasteiger partial charge on any atom is 0.416 e. The van der Waals surface area contributed by atoms with E-state index in [9.17, 15) is 18.0 Å². The molecule has 1 aromatic heterocycles. The Morgan fingerprint density at radius 1 is 1.24 bits per heavy atom. The molecule has 0 spiro atoms. The fraction of sp³-hybridized carbons (Fsp3) is 0.400. The van der Waals surface area contributed by atoms with E-state index >= 15 is 0 Å². The normalized spacial score (nSPS) is 16.3. The lowest BCUT2D eigenvalue weighted by atomic mass is 10.1. The van der Waals surface area contributed by atoms with Gasteiger partial charge in [-0.1, -0.05) is 29.5 Å². The van der Waals surface area contributed by atoms with Gasteiger partial charge >= 0.3 is 6.18 Å². The minimum absolute atomic E-state index is 0.164. The molecule has 1 fully saturated rings. The molecule has 5 nitrogen and oxygen atoms in total. The zero-order valence-corrected chi connectivity index (χ0v) is 16.9. The Hall–Kier alpha value is -2.26. The van der Waals surface area contributed by atoms with Crippen molar-refractivity contribution in [2.24, 2.45) is 0 Å². The molecular formula is C20H23F3N4OS. The van der Waals surface area contributed by atoms with Crippen LogP contribution in [0, 0.1) is 0 Å². The molecule has 3 rings (SSSR count). The van der Waals surface area contributed by atoms with Crippen LogP contribution in [0.25, 0.3) is 0 Å². The number of hydrogen-bond donors (Lipinski definition) is 1. The van der Waals surface area contributed by atoms with E-state index in [1.165, 1.54) is 41.7 Å². The molecule has 1 N–H and O–H groups in total. The summed E-state index contributed by atoms with van der Waals surface area (Å²) in [5, 5.41) is 0.597. The van der Waals surface area contributed by atoms with Crippen LogP contribution >= 0.6 is 11.8 Å². The molecule has 0 bridgehead atoms. The van der Waals surface area contributed by atoms with Gasteiger partial charge in [-0.25, -0.2) is 4.98 Å². The van der Waals surface area contributed by atoms with Crippen molar-refractivity contribution in [1.82, 2.24) is 14.9 Å². The SMILES string of the molecule is C/C(=C\CN1CCN(c2cccc(C(F)(F)F)c2)CC1)CSc1nccc(=O)[nH]1. The summed E-state index contributed by atoms with van der Waals surface area (Å²) in [6.07, 6.45) is -0.682. The van der Waals surface area contributed by atoms with E-state index in [1.54, 1.807) is 6.07 Å². The van der Waals surface area contributed by atoms with E-state index in [-0.39, 0.29) is 5.56 Å². The van der Waals surface area contributed by atoms with Gasteiger partial charge in [0.2, 0.25) is 0 Å². The van der Waals surface area contributed by atoms with Crippen molar-refractivity contribution < 1.29 is 13.2 Å². The van der Waals surface area contributed by atoms with Crippen molar-refractivity contribution in [2.75, 3.05) is 43.4 Å². The van der Waals surface area contributed by atoms with Gasteiger partial charge < -0.3 is 9.88 Å². The smallest absolute Gasteiger partial charge is 0.369 e. The van der Waals surface area contributed by atoms with Gasteiger partial charge in [0, 0.05) is 56.4 Å². The Labute approximate surface area is 171 Å². The predicted molar refractivity (Wildman–Crippen MR) is 109 cm³/mol. The van der Waals surface area contributed by atoms with Gasteiger partial charge in [0.1, 0.15) is 0 Å². The third kappa shape index (κ3) is 6.37. The fourth-order valence-electron chi connectivity index (χ4n) is 3.02. The standard InChI is InChI=1S/C20H23F3N4OS/c1-15(14-29-19-24-7-5-18(28)25-19)6-8-26-9-11-27(12-10-26)17-4-2-3-16(13-17)20(21,22)23/h2-7,13H,8-12,14H2,1H3,(H,24,25,28)/b15-6+. The molecule has 29 heavy (non-hydrogen) atoms. The number of nitrogens with one attached hydrogen (secondary N) is 1. The first-order valence-corrected chi connectivity index (χ1v) is 10.3. The van der Waals surface area contributed by atoms with E-state index in [4.69, 9.17) is 0 Å². The van der Waals surface area contributed by atoms with Gasteiger partial charge in [-0.3, -0.25) is 9.69 Å². The number of rotatable bonds is 6. The molecule has 0 saturated carbocycles. The number of thioether (sulfide) groups is 1. The average Bonchev–Trinajstić information content (AvgIpc) is 2.71. The van der Waals surface area contributed by atoms with Crippen molar-refractivity contribution >= 4 is 17.4 Å². The molecule has 0 radical (unpaired) electrons. The van der Waals surface area contributed by atoms with Crippen molar-refractivity contribution in [1.29, 1.82) is 0 Å². The highest BCUT2D eigenvalue weighted by Gasteiger charge is 2.31. The first-order valence-electron chi connectivity index (χ1n) is 9.29. The number of nitrogens with zero attached hydrogens (tertiary/aromatic N) is 3. The monoisotopic (exact) mass is 424 g/mol. The fourth-order valence-corrected chi connectivity index (χ4v) is 3.81. The third-order valence-corrected chi connectivity index (χ3v) is 5.77. The van der Waals surface area contributed by atoms with Crippen LogP contribution < -0.4 is 10.5 Å². The zero-order valence-electron chi connectivity index (χ0n) is 16.1. The number of hydrogen-bond acceptors (Lipinski definition) is 5. The number of H-pyrrole nitrogens is 1. The number of anilines is 1. The highest BCUT2D eigenvalue weighted by atomic mass is 32.2. The summed E-state index contributed by atoms with van der Waals surface area (Å²) in [4.78, 5) is 22.3. The van der Waals surface area contributed by atoms with Crippen LogP contribution in [0.4, 0.5) is 18.9 Å². The molecule has 0 amide bonds. The van der Waals surface area contributed by atoms with E-state index in [1.807, 2.05) is 11.8 Å². The highest BCUT2D eigenvalue weighted by molar-refractivity contribution is 7.99. The molecule has 0 aliphatic carbocycles. The Morgan fingerprint density at radius 3 is 2.69 bits per heavy atom. The van der Waals surface area contributed by atoms with Gasteiger partial charge in [-0.05, 0) is 25.1 Å². The average molecular weight is 424 g/mol. The Balaban J connectivity index is 1.47. The molecule has 1 saturated heterocycles. The Kier molecular flexibility index (Phi) is 7.02. The lowest BCUT2D eigenvalue weighted by Gasteiger charge is -2.36. The summed E-state index contributed by atoms with van der Waals surface area (Å²) in [5.74, 6) is 0.733. The van der Waals surface area contributed by atoms with Crippen molar-refractivity contribution in [3.63, 3.8) is 0 Å². The van der Waals surface area contributed by atoms with Crippen molar-refractivity contribution in [2.45, 2.75) is 18.3 Å². The van der Waals surface area contributed by atoms with Crippen LogP contribution in [0.3, 0.4) is 0 Å². The highest BCUT2D eigenvalue weighted by Crippen LogP contribution is 2.31. The number of benzene rings is 1. The van der Waals surface area contributed by atoms with Crippen molar-refractivity contribution in [3.05, 3.63) is 64.1 Å². The first kappa shape index (κ1) is 21.4.